The molecular formula is C15H24ClNO2. The summed E-state index contributed by atoms with van der Waals surface area (Å²) in [5, 5.41) is 13.4. The standard InChI is InChI=1S/C15H24ClNO2/c1-17-14-10-6-7-11(14)13(15(18)19)12(10)8-2-4-9(16)5-3-8/h8-14,17H,2-7H2,1H3,(H,18,19). The number of carboxylic acid groups (broad SMARTS) is 1. The summed E-state index contributed by atoms with van der Waals surface area (Å²) in [7, 11) is 1.99. The van der Waals surface area contributed by atoms with Crippen LogP contribution in [-0.2, 0) is 4.79 Å². The molecule has 0 aliphatic heterocycles. The number of carbonyl (C=O) groups is 1. The molecule has 2 bridgehead atoms. The van der Waals surface area contributed by atoms with Crippen molar-refractivity contribution in [1.29, 1.82) is 0 Å². The van der Waals surface area contributed by atoms with Crippen molar-refractivity contribution >= 4 is 17.6 Å². The molecule has 2 N–H and O–H groups in total. The zero-order chi connectivity index (χ0) is 13.6. The Morgan fingerprint density at radius 3 is 2.32 bits per heavy atom. The van der Waals surface area contributed by atoms with Gasteiger partial charge in [0.1, 0.15) is 0 Å². The fraction of sp³-hybridized carbons (Fsp3) is 0.933. The second-order valence-electron chi connectivity index (χ2n) is 6.67. The molecule has 3 aliphatic carbocycles. The number of rotatable bonds is 3. The average Bonchev–Trinajstić information content (AvgIpc) is 2.93. The van der Waals surface area contributed by atoms with E-state index in [0.717, 1.165) is 32.1 Å². The lowest BCUT2D eigenvalue weighted by atomic mass is 9.68. The molecule has 3 nitrogen and oxygen atoms in total. The second kappa shape index (κ2) is 5.25. The first-order valence-electron chi connectivity index (χ1n) is 7.67. The molecule has 0 heterocycles. The lowest BCUT2D eigenvalue weighted by Gasteiger charge is -2.37. The van der Waals surface area contributed by atoms with Crippen molar-refractivity contribution in [1.82, 2.24) is 5.32 Å². The minimum Gasteiger partial charge on any atom is -0.481 e. The smallest absolute Gasteiger partial charge is 0.307 e. The second-order valence-corrected chi connectivity index (χ2v) is 7.29. The zero-order valence-corrected chi connectivity index (χ0v) is 12.3. The van der Waals surface area contributed by atoms with E-state index in [4.69, 9.17) is 11.6 Å². The van der Waals surface area contributed by atoms with E-state index in [9.17, 15) is 9.90 Å². The number of hydrogen-bond acceptors (Lipinski definition) is 2. The Labute approximate surface area is 120 Å². The molecule has 0 aromatic heterocycles. The third kappa shape index (κ3) is 2.19. The van der Waals surface area contributed by atoms with Gasteiger partial charge in [0.15, 0.2) is 0 Å². The number of alkyl halides is 1. The number of fused-ring (bicyclic) bond motifs is 2. The summed E-state index contributed by atoms with van der Waals surface area (Å²) in [5.41, 5.74) is 0. The largest absolute Gasteiger partial charge is 0.481 e. The summed E-state index contributed by atoms with van der Waals surface area (Å²) >= 11 is 6.19. The lowest BCUT2D eigenvalue weighted by Crippen LogP contribution is -2.36. The summed E-state index contributed by atoms with van der Waals surface area (Å²) in [6, 6.07) is 0.430. The fourth-order valence-electron chi connectivity index (χ4n) is 5.33. The molecule has 0 radical (unpaired) electrons. The Hall–Kier alpha value is -0.280. The van der Waals surface area contributed by atoms with Gasteiger partial charge >= 0.3 is 5.97 Å². The third-order valence-electron chi connectivity index (χ3n) is 5.99. The summed E-state index contributed by atoms with van der Waals surface area (Å²) in [5.74, 6) is 1.22. The number of nitrogens with one attached hydrogen (secondary N) is 1. The van der Waals surface area contributed by atoms with Crippen LogP contribution < -0.4 is 5.32 Å². The van der Waals surface area contributed by atoms with Gasteiger partial charge in [-0.1, -0.05) is 0 Å². The maximum Gasteiger partial charge on any atom is 0.307 e. The molecule has 19 heavy (non-hydrogen) atoms. The van der Waals surface area contributed by atoms with Gasteiger partial charge in [0.25, 0.3) is 0 Å². The lowest BCUT2D eigenvalue weighted by molar-refractivity contribution is -0.146. The Bertz CT molecular complexity index is 354. The van der Waals surface area contributed by atoms with Crippen LogP contribution in [0.15, 0.2) is 0 Å². The normalized spacial score (nSPS) is 49.5. The first-order valence-corrected chi connectivity index (χ1v) is 8.11. The molecule has 5 unspecified atom stereocenters. The Balaban J connectivity index is 1.80. The fourth-order valence-corrected chi connectivity index (χ4v) is 5.58. The molecule has 108 valence electrons. The van der Waals surface area contributed by atoms with Crippen LogP contribution in [0.4, 0.5) is 0 Å². The molecule has 4 heteroatoms. The Morgan fingerprint density at radius 1 is 1.11 bits per heavy atom. The first kappa shape index (κ1) is 13.7. The molecule has 5 atom stereocenters. The first-order chi connectivity index (χ1) is 9.13. The van der Waals surface area contributed by atoms with Gasteiger partial charge in [0.2, 0.25) is 0 Å². The number of aliphatic carboxylic acids is 1. The van der Waals surface area contributed by atoms with Crippen molar-refractivity contribution < 1.29 is 9.90 Å². The van der Waals surface area contributed by atoms with Crippen LogP contribution in [0.3, 0.4) is 0 Å². The van der Waals surface area contributed by atoms with E-state index in [1.54, 1.807) is 0 Å². The van der Waals surface area contributed by atoms with Crippen LogP contribution in [0.25, 0.3) is 0 Å². The predicted molar refractivity (Wildman–Crippen MR) is 75.3 cm³/mol. The summed E-state index contributed by atoms with van der Waals surface area (Å²) in [4.78, 5) is 11.7. The molecular weight excluding hydrogens is 262 g/mol. The van der Waals surface area contributed by atoms with Gasteiger partial charge in [-0.15, -0.1) is 11.6 Å². The molecule has 3 aliphatic rings. The Morgan fingerprint density at radius 2 is 1.74 bits per heavy atom. The molecule has 3 rings (SSSR count). The highest BCUT2D eigenvalue weighted by molar-refractivity contribution is 6.20. The van der Waals surface area contributed by atoms with E-state index in [-0.39, 0.29) is 5.92 Å². The maximum atomic E-state index is 11.7. The maximum absolute atomic E-state index is 11.7. The molecule has 0 saturated heterocycles. The van der Waals surface area contributed by atoms with Crippen molar-refractivity contribution in [2.24, 2.45) is 29.6 Å². The van der Waals surface area contributed by atoms with E-state index in [0.29, 0.717) is 35.1 Å². The van der Waals surface area contributed by atoms with E-state index in [1.165, 1.54) is 6.42 Å². The van der Waals surface area contributed by atoms with Gasteiger partial charge in [-0.2, -0.15) is 0 Å². The van der Waals surface area contributed by atoms with Gasteiger partial charge in [-0.05, 0) is 69.2 Å². The molecule has 0 spiro atoms. The van der Waals surface area contributed by atoms with Crippen molar-refractivity contribution in [2.75, 3.05) is 7.05 Å². The van der Waals surface area contributed by atoms with Gasteiger partial charge in [0.05, 0.1) is 5.92 Å². The predicted octanol–water partition coefficient (Wildman–Crippen LogP) is 2.73. The highest BCUT2D eigenvalue weighted by Crippen LogP contribution is 2.57. The van der Waals surface area contributed by atoms with E-state index < -0.39 is 5.97 Å². The van der Waals surface area contributed by atoms with Crippen LogP contribution in [0, 0.1) is 29.6 Å². The molecule has 0 aromatic carbocycles. The summed E-state index contributed by atoms with van der Waals surface area (Å²) in [6.07, 6.45) is 6.69. The summed E-state index contributed by atoms with van der Waals surface area (Å²) in [6.45, 7) is 0. The van der Waals surface area contributed by atoms with Gasteiger partial charge in [0, 0.05) is 11.4 Å². The minimum atomic E-state index is -0.564. The SMILES string of the molecule is CNC1C2CCC1C(C1CCC(Cl)CC1)C2C(=O)O. The average molecular weight is 286 g/mol. The zero-order valence-electron chi connectivity index (χ0n) is 11.5. The quantitative estimate of drug-likeness (QED) is 0.784. The summed E-state index contributed by atoms with van der Waals surface area (Å²) < 4.78 is 0. The molecule has 0 aromatic rings. The van der Waals surface area contributed by atoms with Crippen LogP contribution in [0.2, 0.25) is 0 Å². The molecule has 3 saturated carbocycles. The number of carboxylic acids is 1. The van der Waals surface area contributed by atoms with Crippen molar-refractivity contribution in [3.05, 3.63) is 0 Å². The van der Waals surface area contributed by atoms with Crippen LogP contribution in [0.5, 0.6) is 0 Å². The monoisotopic (exact) mass is 285 g/mol. The highest BCUT2D eigenvalue weighted by atomic mass is 35.5. The molecule has 3 fully saturated rings. The highest BCUT2D eigenvalue weighted by Gasteiger charge is 2.58. The van der Waals surface area contributed by atoms with Crippen LogP contribution >= 0.6 is 11.6 Å². The van der Waals surface area contributed by atoms with E-state index in [1.807, 2.05) is 7.05 Å². The topological polar surface area (TPSA) is 49.3 Å². The van der Waals surface area contributed by atoms with E-state index in [2.05, 4.69) is 5.32 Å². The minimum absolute atomic E-state index is 0.118. The van der Waals surface area contributed by atoms with Crippen molar-refractivity contribution in [3.63, 3.8) is 0 Å². The van der Waals surface area contributed by atoms with Crippen molar-refractivity contribution in [3.8, 4) is 0 Å². The number of hydrogen-bond donors (Lipinski definition) is 2. The molecule has 0 amide bonds. The third-order valence-corrected chi connectivity index (χ3v) is 6.43. The van der Waals surface area contributed by atoms with Gasteiger partial charge in [-0.3, -0.25) is 4.79 Å². The van der Waals surface area contributed by atoms with E-state index >= 15 is 0 Å². The Kier molecular flexibility index (Phi) is 3.78. The van der Waals surface area contributed by atoms with Crippen LogP contribution in [0.1, 0.15) is 38.5 Å². The van der Waals surface area contributed by atoms with Crippen molar-refractivity contribution in [2.45, 2.75) is 49.9 Å². The number of halogens is 1. The van der Waals surface area contributed by atoms with Gasteiger partial charge in [-0.25, -0.2) is 0 Å². The van der Waals surface area contributed by atoms with Crippen LogP contribution in [-0.4, -0.2) is 29.5 Å². The van der Waals surface area contributed by atoms with Gasteiger partial charge < -0.3 is 10.4 Å².